The van der Waals surface area contributed by atoms with E-state index >= 15 is 0 Å². The highest BCUT2D eigenvalue weighted by atomic mass is 127. The molecule has 0 aliphatic heterocycles. The molecule has 0 saturated carbocycles. The first kappa shape index (κ1) is 15.7. The van der Waals surface area contributed by atoms with Gasteiger partial charge in [0.15, 0.2) is 0 Å². The Kier molecular flexibility index (Phi) is 5.67. The number of amides is 1. The van der Waals surface area contributed by atoms with E-state index in [1.165, 1.54) is 0 Å². The smallest absolute Gasteiger partial charge is 0.256 e. The average molecular weight is 607 g/mol. The number of halogens is 4. The summed E-state index contributed by atoms with van der Waals surface area (Å²) in [6, 6.07) is 11.4. The van der Waals surface area contributed by atoms with Gasteiger partial charge in [-0.15, -0.1) is 0 Å². The second-order valence-electron chi connectivity index (χ2n) is 3.71. The normalized spacial score (nSPS) is 10.3. The lowest BCUT2D eigenvalue weighted by molar-refractivity contribution is 0.102. The van der Waals surface area contributed by atoms with E-state index in [2.05, 4.69) is 82.4 Å². The summed E-state index contributed by atoms with van der Waals surface area (Å²) < 4.78 is 3.88. The zero-order valence-electron chi connectivity index (χ0n) is 9.38. The van der Waals surface area contributed by atoms with Crippen LogP contribution in [0.25, 0.3) is 0 Å². The molecule has 2 rings (SSSR count). The number of anilines is 1. The average Bonchev–Trinajstić information content (AvgIpc) is 2.36. The topological polar surface area (TPSA) is 29.1 Å². The van der Waals surface area contributed by atoms with Crippen molar-refractivity contribution in [3.63, 3.8) is 0 Å². The second kappa shape index (κ2) is 6.86. The Labute approximate surface area is 155 Å². The zero-order chi connectivity index (χ0) is 14.0. The van der Waals surface area contributed by atoms with Crippen molar-refractivity contribution in [1.29, 1.82) is 0 Å². The minimum atomic E-state index is -0.122. The van der Waals surface area contributed by atoms with Crippen molar-refractivity contribution in [3.8, 4) is 0 Å². The van der Waals surface area contributed by atoms with Crippen LogP contribution in [0.5, 0.6) is 0 Å². The van der Waals surface area contributed by atoms with E-state index in [9.17, 15) is 4.79 Å². The van der Waals surface area contributed by atoms with Crippen molar-refractivity contribution in [2.24, 2.45) is 0 Å². The first-order valence-corrected chi connectivity index (χ1v) is 8.93. The van der Waals surface area contributed by atoms with Gasteiger partial charge in [-0.2, -0.15) is 0 Å². The predicted molar refractivity (Wildman–Crippen MR) is 102 cm³/mol. The lowest BCUT2D eigenvalue weighted by Gasteiger charge is -2.08. The maximum atomic E-state index is 12.2. The number of rotatable bonds is 2. The van der Waals surface area contributed by atoms with Crippen LogP contribution in [0.1, 0.15) is 10.4 Å². The van der Waals surface area contributed by atoms with Crippen molar-refractivity contribution in [2.75, 3.05) is 5.32 Å². The first-order chi connectivity index (χ1) is 8.97. The number of hydrogen-bond acceptors (Lipinski definition) is 1. The summed E-state index contributed by atoms with van der Waals surface area (Å²) in [5, 5.41) is 2.90. The first-order valence-electron chi connectivity index (χ1n) is 5.19. The van der Waals surface area contributed by atoms with Crippen LogP contribution >= 0.6 is 77.0 Å². The molecule has 0 aliphatic carbocycles. The molecule has 0 aromatic heterocycles. The highest BCUT2D eigenvalue weighted by Crippen LogP contribution is 2.24. The minimum Gasteiger partial charge on any atom is -0.322 e. The SMILES string of the molecule is O=C(Nc1ccc(Br)c(I)c1)c1cc(I)ccc1Br. The van der Waals surface area contributed by atoms with Gasteiger partial charge in [-0.3, -0.25) is 4.79 Å². The highest BCUT2D eigenvalue weighted by Gasteiger charge is 2.11. The molecule has 0 bridgehead atoms. The molecule has 2 aromatic carbocycles. The van der Waals surface area contributed by atoms with Crippen LogP contribution in [0, 0.1) is 7.14 Å². The molecule has 6 heteroatoms. The fraction of sp³-hybridized carbons (Fsp3) is 0. The van der Waals surface area contributed by atoms with Crippen LogP contribution in [0.2, 0.25) is 0 Å². The molecule has 98 valence electrons. The van der Waals surface area contributed by atoms with Gasteiger partial charge in [-0.05, 0) is 113 Å². The molecule has 0 unspecified atom stereocenters. The van der Waals surface area contributed by atoms with E-state index in [-0.39, 0.29) is 5.91 Å². The van der Waals surface area contributed by atoms with Crippen molar-refractivity contribution in [3.05, 3.63) is 58.0 Å². The van der Waals surface area contributed by atoms with E-state index in [0.29, 0.717) is 5.56 Å². The van der Waals surface area contributed by atoms with E-state index in [1.54, 1.807) is 0 Å². The molecular weight excluding hydrogens is 600 g/mol. The lowest BCUT2D eigenvalue weighted by Crippen LogP contribution is -2.12. The summed E-state index contributed by atoms with van der Waals surface area (Å²) in [7, 11) is 0. The largest absolute Gasteiger partial charge is 0.322 e. The van der Waals surface area contributed by atoms with Gasteiger partial charge in [-0.25, -0.2) is 0 Å². The van der Waals surface area contributed by atoms with Gasteiger partial charge < -0.3 is 5.32 Å². The molecule has 0 radical (unpaired) electrons. The van der Waals surface area contributed by atoms with Gasteiger partial charge in [-0.1, -0.05) is 0 Å². The Morgan fingerprint density at radius 2 is 1.68 bits per heavy atom. The molecule has 1 amide bonds. The van der Waals surface area contributed by atoms with Crippen molar-refractivity contribution >= 4 is 88.6 Å². The molecule has 0 atom stereocenters. The van der Waals surface area contributed by atoms with Gasteiger partial charge in [0, 0.05) is 21.8 Å². The molecule has 0 saturated heterocycles. The summed E-state index contributed by atoms with van der Waals surface area (Å²) in [6.07, 6.45) is 0. The number of nitrogens with one attached hydrogen (secondary N) is 1. The van der Waals surface area contributed by atoms with E-state index in [0.717, 1.165) is 21.8 Å². The standard InChI is InChI=1S/C13H7Br2I2NO/c14-10-3-1-7(16)5-9(10)13(19)18-8-2-4-11(15)12(17)6-8/h1-6H,(H,18,19). The number of carbonyl (C=O) groups excluding carboxylic acids is 1. The van der Waals surface area contributed by atoms with Gasteiger partial charge in [0.2, 0.25) is 0 Å². The third-order valence-electron chi connectivity index (χ3n) is 2.35. The molecule has 19 heavy (non-hydrogen) atoms. The fourth-order valence-electron chi connectivity index (χ4n) is 1.44. The fourth-order valence-corrected chi connectivity index (χ4v) is 3.12. The molecule has 0 fully saturated rings. The third-order valence-corrected chi connectivity index (χ3v) is 6.04. The predicted octanol–water partition coefficient (Wildman–Crippen LogP) is 5.67. The maximum Gasteiger partial charge on any atom is 0.256 e. The van der Waals surface area contributed by atoms with Crippen LogP contribution < -0.4 is 5.32 Å². The number of carbonyl (C=O) groups is 1. The molecule has 1 N–H and O–H groups in total. The summed E-state index contributed by atoms with van der Waals surface area (Å²) in [4.78, 5) is 12.2. The van der Waals surface area contributed by atoms with Gasteiger partial charge >= 0.3 is 0 Å². The quantitative estimate of drug-likeness (QED) is 0.439. The maximum absolute atomic E-state index is 12.2. The molecule has 2 aromatic rings. The van der Waals surface area contributed by atoms with Crippen LogP contribution in [0.15, 0.2) is 45.3 Å². The van der Waals surface area contributed by atoms with Gasteiger partial charge in [0.1, 0.15) is 0 Å². The van der Waals surface area contributed by atoms with Gasteiger partial charge in [0.05, 0.1) is 5.56 Å². The zero-order valence-corrected chi connectivity index (χ0v) is 16.9. The second-order valence-corrected chi connectivity index (χ2v) is 7.82. The van der Waals surface area contributed by atoms with Crippen molar-refractivity contribution in [1.82, 2.24) is 0 Å². The Balaban J connectivity index is 2.25. The Morgan fingerprint density at radius 3 is 2.37 bits per heavy atom. The van der Waals surface area contributed by atoms with E-state index < -0.39 is 0 Å². The number of hydrogen-bond donors (Lipinski definition) is 1. The van der Waals surface area contributed by atoms with Crippen molar-refractivity contribution < 1.29 is 4.79 Å². The van der Waals surface area contributed by atoms with Crippen LogP contribution in [-0.4, -0.2) is 5.91 Å². The Hall–Kier alpha value is 0.330. The summed E-state index contributed by atoms with van der Waals surface area (Å²) in [6.45, 7) is 0. The molecule has 0 aliphatic rings. The van der Waals surface area contributed by atoms with E-state index in [4.69, 9.17) is 0 Å². The molecule has 0 heterocycles. The Bertz CT molecular complexity index is 647. The third kappa shape index (κ3) is 4.15. The van der Waals surface area contributed by atoms with Gasteiger partial charge in [0.25, 0.3) is 5.91 Å². The number of benzene rings is 2. The lowest BCUT2D eigenvalue weighted by atomic mass is 10.2. The monoisotopic (exact) mass is 605 g/mol. The minimum absolute atomic E-state index is 0.122. The molecule has 0 spiro atoms. The van der Waals surface area contributed by atoms with Crippen LogP contribution in [0.3, 0.4) is 0 Å². The Morgan fingerprint density at radius 1 is 1.00 bits per heavy atom. The molecular formula is C13H7Br2I2NO. The highest BCUT2D eigenvalue weighted by molar-refractivity contribution is 14.1. The van der Waals surface area contributed by atoms with Crippen LogP contribution in [-0.2, 0) is 0 Å². The van der Waals surface area contributed by atoms with Crippen LogP contribution in [0.4, 0.5) is 5.69 Å². The summed E-state index contributed by atoms with van der Waals surface area (Å²) in [5.74, 6) is -0.122. The summed E-state index contributed by atoms with van der Waals surface area (Å²) in [5.41, 5.74) is 1.41. The van der Waals surface area contributed by atoms with E-state index in [1.807, 2.05) is 36.4 Å². The molecule has 2 nitrogen and oxygen atoms in total. The summed E-state index contributed by atoms with van der Waals surface area (Å²) >= 11 is 11.2. The van der Waals surface area contributed by atoms with Crippen molar-refractivity contribution in [2.45, 2.75) is 0 Å².